The van der Waals surface area contributed by atoms with Gasteiger partial charge in [-0.3, -0.25) is 0 Å². The number of thioether (sulfide) groups is 1. The van der Waals surface area contributed by atoms with Crippen molar-refractivity contribution in [2.75, 3.05) is 24.0 Å². The van der Waals surface area contributed by atoms with Crippen molar-refractivity contribution in [3.63, 3.8) is 0 Å². The molecule has 0 N–H and O–H groups in total. The third-order valence-electron chi connectivity index (χ3n) is 2.54. The normalized spacial score (nSPS) is 12.5. The third-order valence-corrected chi connectivity index (χ3v) is 3.91. The van der Waals surface area contributed by atoms with Crippen molar-refractivity contribution in [2.45, 2.75) is 24.7 Å². The molecule has 0 saturated carbocycles. The Balaban J connectivity index is 2.73. The van der Waals surface area contributed by atoms with Crippen LogP contribution in [0.3, 0.4) is 0 Å². The second kappa shape index (κ2) is 7.12. The molecule has 0 aromatic carbocycles. The highest BCUT2D eigenvalue weighted by Gasteiger charge is 2.14. The second-order valence-corrected chi connectivity index (χ2v) is 5.12. The lowest BCUT2D eigenvalue weighted by Crippen LogP contribution is -2.34. The Labute approximate surface area is 110 Å². The predicted octanol–water partition coefficient (Wildman–Crippen LogP) is 2.95. The lowest BCUT2D eigenvalue weighted by molar-refractivity contribution is 0.657. The lowest BCUT2D eigenvalue weighted by atomic mass is 10.2. The molecule has 0 saturated heterocycles. The summed E-state index contributed by atoms with van der Waals surface area (Å²) in [6.07, 6.45) is 6.99. The zero-order chi connectivity index (χ0) is 12.0. The van der Waals surface area contributed by atoms with Gasteiger partial charge in [-0.05, 0) is 18.2 Å². The average Bonchev–Trinajstić information content (AvgIpc) is 2.35. The smallest absolute Gasteiger partial charge is 0.225 e. The summed E-state index contributed by atoms with van der Waals surface area (Å²) in [5.74, 6) is 1.92. The highest BCUT2D eigenvalue weighted by Crippen LogP contribution is 2.14. The molecule has 1 aromatic heterocycles. The van der Waals surface area contributed by atoms with Crippen LogP contribution < -0.4 is 4.90 Å². The average molecular weight is 304 g/mol. The van der Waals surface area contributed by atoms with Gasteiger partial charge in [0.1, 0.15) is 0 Å². The maximum atomic E-state index is 4.38. The van der Waals surface area contributed by atoms with Crippen LogP contribution in [0.25, 0.3) is 0 Å². The van der Waals surface area contributed by atoms with Crippen LogP contribution in [0.2, 0.25) is 0 Å². The van der Waals surface area contributed by atoms with Crippen LogP contribution in [0.4, 0.5) is 5.95 Å². The van der Waals surface area contributed by atoms with E-state index in [2.05, 4.69) is 51.0 Å². The zero-order valence-electron chi connectivity index (χ0n) is 9.98. The van der Waals surface area contributed by atoms with E-state index in [1.807, 2.05) is 24.2 Å². The van der Waals surface area contributed by atoms with E-state index in [1.165, 1.54) is 0 Å². The zero-order valence-corrected chi connectivity index (χ0v) is 12.4. The minimum absolute atomic E-state index is 0.504. The molecule has 16 heavy (non-hydrogen) atoms. The van der Waals surface area contributed by atoms with Gasteiger partial charge in [-0.2, -0.15) is 11.8 Å². The molecule has 3 nitrogen and oxygen atoms in total. The van der Waals surface area contributed by atoms with Crippen LogP contribution in [0, 0.1) is 0 Å². The topological polar surface area (TPSA) is 29.0 Å². The summed E-state index contributed by atoms with van der Waals surface area (Å²) in [6.45, 7) is 2.20. The van der Waals surface area contributed by atoms with E-state index in [1.54, 1.807) is 0 Å². The monoisotopic (exact) mass is 303 g/mol. The van der Waals surface area contributed by atoms with Crippen LogP contribution in [0.5, 0.6) is 0 Å². The van der Waals surface area contributed by atoms with E-state index in [0.29, 0.717) is 6.04 Å². The van der Waals surface area contributed by atoms with Gasteiger partial charge < -0.3 is 4.90 Å². The van der Waals surface area contributed by atoms with Crippen molar-refractivity contribution < 1.29 is 0 Å². The molecule has 0 fully saturated rings. The fourth-order valence-electron chi connectivity index (χ4n) is 1.46. The summed E-state index contributed by atoms with van der Waals surface area (Å²) in [5, 5.41) is 0.805. The molecule has 0 aliphatic carbocycles. The summed E-state index contributed by atoms with van der Waals surface area (Å²) in [5.41, 5.74) is 1.11. The number of alkyl halides is 1. The largest absolute Gasteiger partial charge is 0.340 e. The van der Waals surface area contributed by atoms with E-state index in [-0.39, 0.29) is 0 Å². The van der Waals surface area contributed by atoms with Crippen LogP contribution in [-0.2, 0) is 5.33 Å². The number of nitrogens with zero attached hydrogens (tertiary/aromatic N) is 3. The number of hydrogen-bond acceptors (Lipinski definition) is 4. The van der Waals surface area contributed by atoms with E-state index >= 15 is 0 Å². The van der Waals surface area contributed by atoms with Crippen molar-refractivity contribution in [1.82, 2.24) is 9.97 Å². The summed E-state index contributed by atoms with van der Waals surface area (Å²) in [4.78, 5) is 10.9. The summed E-state index contributed by atoms with van der Waals surface area (Å²) in [7, 11) is 2.06. The highest BCUT2D eigenvalue weighted by molar-refractivity contribution is 9.08. The number of halogens is 1. The summed E-state index contributed by atoms with van der Waals surface area (Å²) < 4.78 is 0. The molecule has 0 radical (unpaired) electrons. The molecule has 5 heteroatoms. The maximum absolute atomic E-state index is 4.38. The van der Waals surface area contributed by atoms with Gasteiger partial charge in [0.25, 0.3) is 0 Å². The van der Waals surface area contributed by atoms with E-state index in [4.69, 9.17) is 0 Å². The van der Waals surface area contributed by atoms with Crippen molar-refractivity contribution in [2.24, 2.45) is 0 Å². The van der Waals surface area contributed by atoms with Crippen molar-refractivity contribution >= 4 is 33.6 Å². The van der Waals surface area contributed by atoms with Gasteiger partial charge in [-0.15, -0.1) is 0 Å². The Hall–Kier alpha value is -0.290. The molecule has 1 unspecified atom stereocenters. The fourth-order valence-corrected chi connectivity index (χ4v) is 2.59. The minimum atomic E-state index is 0.504. The number of hydrogen-bond donors (Lipinski definition) is 0. The second-order valence-electron chi connectivity index (χ2n) is 3.65. The van der Waals surface area contributed by atoms with E-state index in [9.17, 15) is 0 Å². The van der Waals surface area contributed by atoms with Gasteiger partial charge in [0.05, 0.1) is 0 Å². The summed E-state index contributed by atoms with van der Waals surface area (Å²) in [6, 6.07) is 0.504. The van der Waals surface area contributed by atoms with Crippen LogP contribution >= 0.6 is 27.7 Å². The van der Waals surface area contributed by atoms with Gasteiger partial charge in [-0.25, -0.2) is 9.97 Å². The molecule has 1 atom stereocenters. The van der Waals surface area contributed by atoms with Gasteiger partial charge in [-0.1, -0.05) is 22.9 Å². The molecule has 0 spiro atoms. The van der Waals surface area contributed by atoms with Crippen LogP contribution in [0.15, 0.2) is 12.4 Å². The maximum Gasteiger partial charge on any atom is 0.225 e. The van der Waals surface area contributed by atoms with Gasteiger partial charge in [0.15, 0.2) is 0 Å². The van der Waals surface area contributed by atoms with E-state index < -0.39 is 0 Å². The van der Waals surface area contributed by atoms with Crippen LogP contribution in [-0.4, -0.2) is 35.1 Å². The van der Waals surface area contributed by atoms with Gasteiger partial charge in [0, 0.05) is 36.6 Å². The van der Waals surface area contributed by atoms with Gasteiger partial charge in [0.2, 0.25) is 5.95 Å². The molecule has 0 bridgehead atoms. The molecule has 0 aliphatic heterocycles. The number of aromatic nitrogens is 2. The summed E-state index contributed by atoms with van der Waals surface area (Å²) >= 11 is 5.25. The standard InChI is InChI=1S/C11H18BrN3S/c1-4-10(8-16-3)15(2)11-13-6-9(5-12)7-14-11/h6-7,10H,4-5,8H2,1-3H3. The Kier molecular flexibility index (Phi) is 6.13. The van der Waals surface area contributed by atoms with Crippen molar-refractivity contribution in [1.29, 1.82) is 0 Å². The first-order valence-electron chi connectivity index (χ1n) is 5.31. The molecular weight excluding hydrogens is 286 g/mol. The number of anilines is 1. The molecule has 1 aromatic rings. The minimum Gasteiger partial charge on any atom is -0.340 e. The Morgan fingerprint density at radius 1 is 1.44 bits per heavy atom. The molecule has 90 valence electrons. The van der Waals surface area contributed by atoms with Crippen molar-refractivity contribution in [3.05, 3.63) is 18.0 Å². The van der Waals surface area contributed by atoms with Crippen molar-refractivity contribution in [3.8, 4) is 0 Å². The first-order valence-corrected chi connectivity index (χ1v) is 7.83. The predicted molar refractivity (Wildman–Crippen MR) is 75.5 cm³/mol. The first-order chi connectivity index (χ1) is 7.72. The Bertz CT molecular complexity index is 305. The molecule has 1 rings (SSSR count). The molecule has 0 amide bonds. The first kappa shape index (κ1) is 13.8. The fraction of sp³-hybridized carbons (Fsp3) is 0.636. The lowest BCUT2D eigenvalue weighted by Gasteiger charge is -2.26. The Morgan fingerprint density at radius 3 is 2.50 bits per heavy atom. The molecular formula is C11H18BrN3S. The SMILES string of the molecule is CCC(CSC)N(C)c1ncc(CBr)cn1. The van der Waals surface area contributed by atoms with E-state index in [0.717, 1.165) is 29.0 Å². The Morgan fingerprint density at radius 2 is 2.06 bits per heavy atom. The van der Waals surface area contributed by atoms with Crippen LogP contribution in [0.1, 0.15) is 18.9 Å². The molecule has 1 heterocycles. The highest BCUT2D eigenvalue weighted by atomic mass is 79.9. The molecule has 0 aliphatic rings. The number of rotatable bonds is 6. The van der Waals surface area contributed by atoms with Gasteiger partial charge >= 0.3 is 0 Å². The quantitative estimate of drug-likeness (QED) is 0.756. The third kappa shape index (κ3) is 3.63.